The van der Waals surface area contributed by atoms with Gasteiger partial charge in [-0.05, 0) is 56.5 Å². The number of furan rings is 1. The van der Waals surface area contributed by atoms with Crippen LogP contribution in [0.25, 0.3) is 11.0 Å². The zero-order valence-electron chi connectivity index (χ0n) is 14.3. The van der Waals surface area contributed by atoms with Gasteiger partial charge >= 0.3 is 0 Å². The number of phenols is 1. The smallest absolute Gasteiger partial charge is 0.270 e. The van der Waals surface area contributed by atoms with Crippen molar-refractivity contribution in [1.29, 1.82) is 0 Å². The molecule has 1 N–H and O–H groups in total. The number of phenolic OH excluding ortho intramolecular Hbond substituents is 1. The maximum Gasteiger partial charge on any atom is 0.270 e. The number of hydrogen-bond acceptors (Lipinski definition) is 5. The minimum atomic E-state index is -0.500. The fourth-order valence-corrected chi connectivity index (χ4v) is 4.04. The Labute approximate surface area is 171 Å². The molecule has 0 amide bonds. The zero-order chi connectivity index (χ0) is 19.7. The van der Waals surface area contributed by atoms with Gasteiger partial charge < -0.3 is 9.52 Å². The molecule has 0 aliphatic rings. The van der Waals surface area contributed by atoms with Gasteiger partial charge in [0.2, 0.25) is 0 Å². The van der Waals surface area contributed by atoms with Crippen molar-refractivity contribution < 1.29 is 19.2 Å². The van der Waals surface area contributed by atoms with Gasteiger partial charge in [0, 0.05) is 29.5 Å². The summed E-state index contributed by atoms with van der Waals surface area (Å²) >= 11 is 6.45. The van der Waals surface area contributed by atoms with Crippen LogP contribution in [0.2, 0.25) is 0 Å². The lowest BCUT2D eigenvalue weighted by atomic mass is 9.98. The Bertz CT molecular complexity index is 1030. The first-order chi connectivity index (χ1) is 12.8. The molecule has 0 saturated heterocycles. The molecular formula is C19H15Br2NO5. The van der Waals surface area contributed by atoms with Gasteiger partial charge in [-0.1, -0.05) is 13.3 Å². The van der Waals surface area contributed by atoms with Crippen LogP contribution in [-0.4, -0.2) is 15.8 Å². The van der Waals surface area contributed by atoms with Crippen molar-refractivity contribution in [2.75, 3.05) is 0 Å². The number of unbranched alkanes of at least 4 members (excludes halogenated alkanes) is 1. The third-order valence-corrected chi connectivity index (χ3v) is 5.43. The van der Waals surface area contributed by atoms with E-state index in [0.717, 1.165) is 12.8 Å². The second kappa shape index (κ2) is 7.82. The third-order valence-electron chi connectivity index (χ3n) is 4.22. The van der Waals surface area contributed by atoms with Gasteiger partial charge in [-0.25, -0.2) is 0 Å². The lowest BCUT2D eigenvalue weighted by Crippen LogP contribution is -2.04. The Morgan fingerprint density at radius 1 is 1.22 bits per heavy atom. The van der Waals surface area contributed by atoms with E-state index < -0.39 is 4.92 Å². The van der Waals surface area contributed by atoms with Crippen LogP contribution in [0.5, 0.6) is 5.75 Å². The quantitative estimate of drug-likeness (QED) is 0.251. The SMILES string of the molecule is CCCCc1oc2ccc([N+](=O)[O-])cc2c1C(=O)c1cc(Br)c(O)c(Br)c1. The van der Waals surface area contributed by atoms with E-state index in [1.54, 1.807) is 0 Å². The van der Waals surface area contributed by atoms with Crippen molar-refractivity contribution in [3.8, 4) is 5.75 Å². The molecule has 27 heavy (non-hydrogen) atoms. The van der Waals surface area contributed by atoms with Crippen molar-refractivity contribution in [2.45, 2.75) is 26.2 Å². The monoisotopic (exact) mass is 495 g/mol. The van der Waals surface area contributed by atoms with Crippen LogP contribution in [0.15, 0.2) is 43.7 Å². The summed E-state index contributed by atoms with van der Waals surface area (Å²) in [5.41, 5.74) is 0.990. The molecule has 1 heterocycles. The number of nitro benzene ring substituents is 1. The molecule has 3 aromatic rings. The van der Waals surface area contributed by atoms with Crippen LogP contribution in [0.4, 0.5) is 5.69 Å². The van der Waals surface area contributed by atoms with Gasteiger partial charge in [-0.3, -0.25) is 14.9 Å². The molecule has 0 fully saturated rings. The summed E-state index contributed by atoms with van der Waals surface area (Å²) in [6.45, 7) is 2.03. The number of rotatable bonds is 6. The number of hydrogen-bond donors (Lipinski definition) is 1. The second-order valence-electron chi connectivity index (χ2n) is 6.06. The van der Waals surface area contributed by atoms with Crippen molar-refractivity contribution in [2.24, 2.45) is 0 Å². The normalized spacial score (nSPS) is 11.1. The van der Waals surface area contributed by atoms with E-state index in [0.29, 0.717) is 43.2 Å². The first-order valence-electron chi connectivity index (χ1n) is 8.26. The first-order valence-corrected chi connectivity index (χ1v) is 9.84. The molecule has 2 aromatic carbocycles. The number of nitrogens with zero attached hydrogens (tertiary/aromatic N) is 1. The highest BCUT2D eigenvalue weighted by molar-refractivity contribution is 9.11. The Balaban J connectivity index is 2.21. The van der Waals surface area contributed by atoms with Crippen molar-refractivity contribution >= 4 is 54.3 Å². The Morgan fingerprint density at radius 3 is 2.48 bits per heavy atom. The molecule has 0 aliphatic carbocycles. The van der Waals surface area contributed by atoms with Crippen LogP contribution in [-0.2, 0) is 6.42 Å². The molecule has 8 heteroatoms. The summed E-state index contributed by atoms with van der Waals surface area (Å²) in [6.07, 6.45) is 2.30. The maximum atomic E-state index is 13.2. The number of fused-ring (bicyclic) bond motifs is 1. The number of benzene rings is 2. The number of non-ortho nitro benzene ring substituents is 1. The molecule has 0 atom stereocenters. The van der Waals surface area contributed by atoms with E-state index in [2.05, 4.69) is 31.9 Å². The molecule has 1 aromatic heterocycles. The number of carbonyl (C=O) groups excluding carboxylic acids is 1. The summed E-state index contributed by atoms with van der Waals surface area (Å²) in [5.74, 6) is 0.185. The van der Waals surface area contributed by atoms with E-state index in [1.807, 2.05) is 6.92 Å². The van der Waals surface area contributed by atoms with Gasteiger partial charge in [0.05, 0.1) is 19.4 Å². The van der Waals surface area contributed by atoms with Gasteiger partial charge in [-0.2, -0.15) is 0 Å². The number of ketones is 1. The zero-order valence-corrected chi connectivity index (χ0v) is 17.5. The molecule has 3 rings (SSSR count). The third kappa shape index (κ3) is 3.77. The summed E-state index contributed by atoms with van der Waals surface area (Å²) < 4.78 is 6.59. The predicted octanol–water partition coefficient (Wildman–Crippen LogP) is 6.15. The van der Waals surface area contributed by atoms with E-state index in [4.69, 9.17) is 4.42 Å². The molecule has 0 radical (unpaired) electrons. The molecule has 0 aliphatic heterocycles. The number of nitro groups is 1. The Hall–Kier alpha value is -2.19. The van der Waals surface area contributed by atoms with Crippen LogP contribution in [0.1, 0.15) is 41.4 Å². The van der Waals surface area contributed by atoms with E-state index in [-0.39, 0.29) is 17.2 Å². The molecule has 0 bridgehead atoms. The predicted molar refractivity (Wildman–Crippen MR) is 108 cm³/mol. The summed E-state index contributed by atoms with van der Waals surface area (Å²) in [4.78, 5) is 23.9. The van der Waals surface area contributed by atoms with Crippen LogP contribution in [0, 0.1) is 10.1 Å². The van der Waals surface area contributed by atoms with Crippen LogP contribution in [0.3, 0.4) is 0 Å². The molecule has 6 nitrogen and oxygen atoms in total. The summed E-state index contributed by atoms with van der Waals surface area (Å²) in [7, 11) is 0. The molecule has 0 unspecified atom stereocenters. The fraction of sp³-hybridized carbons (Fsp3) is 0.211. The topological polar surface area (TPSA) is 93.6 Å². The van der Waals surface area contributed by atoms with E-state index >= 15 is 0 Å². The van der Waals surface area contributed by atoms with Gasteiger partial charge in [0.25, 0.3) is 5.69 Å². The highest BCUT2D eigenvalue weighted by Gasteiger charge is 2.24. The fourth-order valence-electron chi connectivity index (χ4n) is 2.85. The number of aromatic hydroxyl groups is 1. The lowest BCUT2D eigenvalue weighted by molar-refractivity contribution is -0.384. The largest absolute Gasteiger partial charge is 0.506 e. The molecular weight excluding hydrogens is 482 g/mol. The standard InChI is InChI=1S/C19H15Br2NO5/c1-2-3-4-16-17(12-9-11(22(25)26)5-6-15(12)27-16)18(23)10-7-13(20)19(24)14(21)8-10/h5-9,24H,2-4H2,1H3. The minimum absolute atomic E-state index is 0.00885. The highest BCUT2D eigenvalue weighted by atomic mass is 79.9. The van der Waals surface area contributed by atoms with Gasteiger partial charge in [0.15, 0.2) is 5.78 Å². The van der Waals surface area contributed by atoms with Gasteiger partial charge in [0.1, 0.15) is 17.1 Å². The van der Waals surface area contributed by atoms with E-state index in [9.17, 15) is 20.0 Å². The summed E-state index contributed by atoms with van der Waals surface area (Å²) in [6, 6.07) is 7.27. The Morgan fingerprint density at radius 2 is 1.89 bits per heavy atom. The average Bonchev–Trinajstić information content (AvgIpc) is 3.00. The van der Waals surface area contributed by atoms with Gasteiger partial charge in [-0.15, -0.1) is 0 Å². The van der Waals surface area contributed by atoms with Crippen molar-refractivity contribution in [3.63, 3.8) is 0 Å². The van der Waals surface area contributed by atoms with Crippen LogP contribution >= 0.6 is 31.9 Å². The minimum Gasteiger partial charge on any atom is -0.506 e. The first kappa shape index (κ1) is 19.6. The van der Waals surface area contributed by atoms with E-state index in [1.165, 1.54) is 30.3 Å². The van der Waals surface area contributed by atoms with Crippen molar-refractivity contribution in [3.05, 3.63) is 66.3 Å². The average molecular weight is 497 g/mol. The number of aryl methyl sites for hydroxylation is 1. The number of carbonyl (C=O) groups is 1. The molecule has 0 spiro atoms. The highest BCUT2D eigenvalue weighted by Crippen LogP contribution is 2.36. The number of halogens is 2. The Kier molecular flexibility index (Phi) is 5.67. The second-order valence-corrected chi connectivity index (χ2v) is 7.77. The molecule has 140 valence electrons. The van der Waals surface area contributed by atoms with Crippen molar-refractivity contribution in [1.82, 2.24) is 0 Å². The van der Waals surface area contributed by atoms with Crippen LogP contribution < -0.4 is 0 Å². The maximum absolute atomic E-state index is 13.2. The lowest BCUT2D eigenvalue weighted by Gasteiger charge is -2.06. The summed E-state index contributed by atoms with van der Waals surface area (Å²) in [5, 5.41) is 21.5. The molecule has 0 saturated carbocycles.